The molecule has 2 aliphatic carbocycles. The Balaban J connectivity index is 1.80. The highest BCUT2D eigenvalue weighted by atomic mass is 19.3. The Morgan fingerprint density at radius 1 is 1.27 bits per heavy atom. The van der Waals surface area contributed by atoms with Crippen molar-refractivity contribution in [3.8, 4) is 0 Å². The van der Waals surface area contributed by atoms with Crippen LogP contribution in [0, 0.1) is 11.8 Å². The van der Waals surface area contributed by atoms with Crippen LogP contribution in [0.2, 0.25) is 0 Å². The van der Waals surface area contributed by atoms with Gasteiger partial charge >= 0.3 is 0 Å². The van der Waals surface area contributed by atoms with Crippen LogP contribution in [0.3, 0.4) is 0 Å². The summed E-state index contributed by atoms with van der Waals surface area (Å²) in [7, 11) is 0. The van der Waals surface area contributed by atoms with Crippen LogP contribution in [-0.4, -0.2) is 11.7 Å². The zero-order valence-corrected chi connectivity index (χ0v) is 8.98. The van der Waals surface area contributed by atoms with Gasteiger partial charge < -0.3 is 0 Å². The lowest BCUT2D eigenvalue weighted by molar-refractivity contribution is -0.121. The number of alkyl halides is 2. The van der Waals surface area contributed by atoms with Gasteiger partial charge in [0, 0.05) is 25.7 Å². The van der Waals surface area contributed by atoms with Crippen molar-refractivity contribution < 1.29 is 13.6 Å². The summed E-state index contributed by atoms with van der Waals surface area (Å²) in [6, 6.07) is 0. The van der Waals surface area contributed by atoms with Gasteiger partial charge in [-0.2, -0.15) is 0 Å². The molecule has 0 saturated heterocycles. The van der Waals surface area contributed by atoms with E-state index in [1.54, 1.807) is 0 Å². The highest BCUT2D eigenvalue weighted by molar-refractivity contribution is 5.79. The van der Waals surface area contributed by atoms with E-state index in [4.69, 9.17) is 0 Å². The first-order valence-corrected chi connectivity index (χ1v) is 5.95. The molecule has 2 fully saturated rings. The maximum atomic E-state index is 13.0. The van der Waals surface area contributed by atoms with E-state index in [0.29, 0.717) is 31.0 Å². The molecule has 2 aliphatic rings. The second-order valence-electron chi connectivity index (χ2n) is 5.20. The van der Waals surface area contributed by atoms with Crippen molar-refractivity contribution in [2.45, 2.75) is 57.3 Å². The molecule has 0 aromatic carbocycles. The largest absolute Gasteiger partial charge is 0.300 e. The Kier molecular flexibility index (Phi) is 3.08. The van der Waals surface area contributed by atoms with E-state index in [1.165, 1.54) is 0 Å². The van der Waals surface area contributed by atoms with Crippen molar-refractivity contribution in [3.63, 3.8) is 0 Å². The molecule has 0 N–H and O–H groups in total. The predicted molar refractivity (Wildman–Crippen MR) is 53.9 cm³/mol. The summed E-state index contributed by atoms with van der Waals surface area (Å²) in [4.78, 5) is 11.2. The molecule has 0 spiro atoms. The Labute approximate surface area is 89.2 Å². The molecule has 0 bridgehead atoms. The predicted octanol–water partition coefficient (Wildman–Crippen LogP) is 3.57. The summed E-state index contributed by atoms with van der Waals surface area (Å²) in [5, 5.41) is 0. The fourth-order valence-corrected chi connectivity index (χ4v) is 3.03. The third kappa shape index (κ3) is 2.99. The van der Waals surface area contributed by atoms with Gasteiger partial charge in [0.05, 0.1) is 0 Å². The molecule has 0 radical (unpaired) electrons. The first kappa shape index (κ1) is 11.0. The number of carbonyl (C=O) groups excluding carboxylic acids is 1. The second kappa shape index (κ2) is 4.18. The topological polar surface area (TPSA) is 17.1 Å². The number of carbonyl (C=O) groups is 1. The molecule has 0 heterocycles. The van der Waals surface area contributed by atoms with Crippen molar-refractivity contribution in [1.82, 2.24) is 0 Å². The quantitative estimate of drug-likeness (QED) is 0.689. The van der Waals surface area contributed by atoms with E-state index >= 15 is 0 Å². The lowest BCUT2D eigenvalue weighted by Gasteiger charge is -2.23. The molecular formula is C12H18F2O. The number of halogens is 2. The average molecular weight is 216 g/mol. The second-order valence-corrected chi connectivity index (χ2v) is 5.20. The van der Waals surface area contributed by atoms with Crippen molar-refractivity contribution in [2.75, 3.05) is 0 Å². The van der Waals surface area contributed by atoms with Crippen LogP contribution < -0.4 is 0 Å². The van der Waals surface area contributed by atoms with Crippen LogP contribution in [0.1, 0.15) is 51.4 Å². The fraction of sp³-hybridized carbons (Fsp3) is 0.917. The standard InChI is InChI=1S/C12H18F2O/c13-12(14)5-4-10(8-12)6-9-2-1-3-11(15)7-9/h9-10H,1-8H2. The third-order valence-corrected chi connectivity index (χ3v) is 3.76. The highest BCUT2D eigenvalue weighted by Gasteiger charge is 2.40. The van der Waals surface area contributed by atoms with Crippen molar-refractivity contribution in [3.05, 3.63) is 0 Å². The lowest BCUT2D eigenvalue weighted by atomic mass is 9.82. The molecule has 2 unspecified atom stereocenters. The zero-order chi connectivity index (χ0) is 10.9. The summed E-state index contributed by atoms with van der Waals surface area (Å²) in [5.41, 5.74) is 0. The van der Waals surface area contributed by atoms with Gasteiger partial charge in [-0.05, 0) is 37.5 Å². The molecule has 0 aliphatic heterocycles. The molecular weight excluding hydrogens is 198 g/mol. The number of Topliss-reactive ketones (excluding diaryl/α,β-unsaturated/α-hetero) is 1. The van der Waals surface area contributed by atoms with Gasteiger partial charge in [-0.25, -0.2) is 8.78 Å². The van der Waals surface area contributed by atoms with E-state index in [-0.39, 0.29) is 18.8 Å². The Bertz CT molecular complexity index is 250. The SMILES string of the molecule is O=C1CCCC(CC2CCC(F)(F)C2)C1. The number of hydrogen-bond donors (Lipinski definition) is 0. The van der Waals surface area contributed by atoms with Crippen LogP contribution in [-0.2, 0) is 4.79 Å². The first-order chi connectivity index (χ1) is 7.05. The Morgan fingerprint density at radius 2 is 2.07 bits per heavy atom. The number of rotatable bonds is 2. The van der Waals surface area contributed by atoms with Crippen LogP contribution in [0.15, 0.2) is 0 Å². The molecule has 3 heteroatoms. The number of hydrogen-bond acceptors (Lipinski definition) is 1. The van der Waals surface area contributed by atoms with Gasteiger partial charge in [-0.15, -0.1) is 0 Å². The monoisotopic (exact) mass is 216 g/mol. The minimum Gasteiger partial charge on any atom is -0.300 e. The molecule has 1 nitrogen and oxygen atoms in total. The average Bonchev–Trinajstić information content (AvgIpc) is 2.45. The molecule has 86 valence electrons. The molecule has 2 saturated carbocycles. The molecule has 0 aromatic heterocycles. The van der Waals surface area contributed by atoms with Gasteiger partial charge in [0.25, 0.3) is 0 Å². The summed E-state index contributed by atoms with van der Waals surface area (Å²) < 4.78 is 25.9. The van der Waals surface area contributed by atoms with Crippen molar-refractivity contribution in [1.29, 1.82) is 0 Å². The van der Waals surface area contributed by atoms with Gasteiger partial charge in [0.15, 0.2) is 0 Å². The van der Waals surface area contributed by atoms with Crippen LogP contribution in [0.4, 0.5) is 8.78 Å². The smallest absolute Gasteiger partial charge is 0.248 e. The van der Waals surface area contributed by atoms with Crippen molar-refractivity contribution >= 4 is 5.78 Å². The Morgan fingerprint density at radius 3 is 2.67 bits per heavy atom. The van der Waals surface area contributed by atoms with Gasteiger partial charge in [0.2, 0.25) is 5.92 Å². The normalized spacial score (nSPS) is 35.7. The van der Waals surface area contributed by atoms with Crippen LogP contribution in [0.5, 0.6) is 0 Å². The third-order valence-electron chi connectivity index (χ3n) is 3.76. The van der Waals surface area contributed by atoms with Crippen LogP contribution in [0.25, 0.3) is 0 Å². The van der Waals surface area contributed by atoms with E-state index in [0.717, 1.165) is 19.3 Å². The molecule has 15 heavy (non-hydrogen) atoms. The van der Waals surface area contributed by atoms with Crippen molar-refractivity contribution in [2.24, 2.45) is 11.8 Å². The minimum absolute atomic E-state index is 0.0533. The first-order valence-electron chi connectivity index (χ1n) is 5.95. The van der Waals surface area contributed by atoms with Gasteiger partial charge in [-0.1, -0.05) is 0 Å². The highest BCUT2D eigenvalue weighted by Crippen LogP contribution is 2.43. The minimum atomic E-state index is -2.43. The summed E-state index contributed by atoms with van der Waals surface area (Å²) in [6.07, 6.45) is 4.98. The van der Waals surface area contributed by atoms with Gasteiger partial charge in [0.1, 0.15) is 5.78 Å². The molecule has 2 atom stereocenters. The van der Waals surface area contributed by atoms with E-state index < -0.39 is 5.92 Å². The van der Waals surface area contributed by atoms with E-state index in [9.17, 15) is 13.6 Å². The molecule has 0 amide bonds. The van der Waals surface area contributed by atoms with E-state index in [1.807, 2.05) is 0 Å². The van der Waals surface area contributed by atoms with E-state index in [2.05, 4.69) is 0 Å². The summed E-state index contributed by atoms with van der Waals surface area (Å²) >= 11 is 0. The molecule has 2 rings (SSSR count). The van der Waals surface area contributed by atoms with Crippen LogP contribution >= 0.6 is 0 Å². The molecule has 0 aromatic rings. The summed E-state index contributed by atoms with van der Waals surface area (Å²) in [6.45, 7) is 0. The zero-order valence-electron chi connectivity index (χ0n) is 8.98. The fourth-order valence-electron chi connectivity index (χ4n) is 3.03. The summed E-state index contributed by atoms with van der Waals surface area (Å²) in [5.74, 6) is -1.54. The Hall–Kier alpha value is -0.470. The lowest BCUT2D eigenvalue weighted by Crippen LogP contribution is -2.18. The number of ketones is 1. The maximum Gasteiger partial charge on any atom is 0.248 e. The maximum absolute atomic E-state index is 13.0. The van der Waals surface area contributed by atoms with Gasteiger partial charge in [-0.3, -0.25) is 4.79 Å².